The van der Waals surface area contributed by atoms with Crippen molar-refractivity contribution in [3.05, 3.63) is 78.0 Å². The summed E-state index contributed by atoms with van der Waals surface area (Å²) < 4.78 is 5.78. The number of thioether (sulfide) groups is 1. The van der Waals surface area contributed by atoms with Crippen molar-refractivity contribution in [2.45, 2.75) is 35.5 Å². The highest BCUT2D eigenvalue weighted by Crippen LogP contribution is 2.41. The lowest BCUT2D eigenvalue weighted by atomic mass is 10.2. The van der Waals surface area contributed by atoms with Gasteiger partial charge in [0.05, 0.1) is 16.5 Å². The van der Waals surface area contributed by atoms with Gasteiger partial charge in [0, 0.05) is 18.0 Å². The van der Waals surface area contributed by atoms with Crippen molar-refractivity contribution in [2.24, 2.45) is 0 Å². The summed E-state index contributed by atoms with van der Waals surface area (Å²) in [4.78, 5) is 31.6. The quantitative estimate of drug-likeness (QED) is 0.498. The molecule has 1 aliphatic heterocycles. The molecule has 2 heterocycles. The molecule has 2 fully saturated rings. The number of ether oxygens (including phenoxy) is 1. The van der Waals surface area contributed by atoms with E-state index in [9.17, 15) is 14.9 Å². The number of imide groups is 1. The summed E-state index contributed by atoms with van der Waals surface area (Å²) in [5.74, 6) is 1.21. The van der Waals surface area contributed by atoms with Crippen LogP contribution < -0.4 is 9.64 Å². The second-order valence-corrected chi connectivity index (χ2v) is 8.95. The number of pyridine rings is 1. The van der Waals surface area contributed by atoms with Crippen LogP contribution in [0.5, 0.6) is 11.5 Å². The second-order valence-electron chi connectivity index (χ2n) is 7.76. The number of carbonyl (C=O) groups is 2. The molecule has 6 nitrogen and oxygen atoms in total. The van der Waals surface area contributed by atoms with E-state index in [4.69, 9.17) is 4.74 Å². The highest BCUT2D eigenvalue weighted by atomic mass is 32.2. The van der Waals surface area contributed by atoms with Crippen LogP contribution >= 0.6 is 11.8 Å². The lowest BCUT2D eigenvalue weighted by Gasteiger charge is -2.16. The van der Waals surface area contributed by atoms with Crippen molar-refractivity contribution in [3.63, 3.8) is 0 Å². The molecule has 0 radical (unpaired) electrons. The molecule has 1 saturated heterocycles. The first-order valence-electron chi connectivity index (χ1n) is 10.4. The maximum atomic E-state index is 13.1. The van der Waals surface area contributed by atoms with Crippen LogP contribution in [-0.2, 0) is 9.59 Å². The number of anilines is 1. The molecule has 1 aliphatic carbocycles. The van der Waals surface area contributed by atoms with Gasteiger partial charge >= 0.3 is 0 Å². The fourth-order valence-electron chi connectivity index (χ4n) is 3.63. The third-order valence-electron chi connectivity index (χ3n) is 5.43. The lowest BCUT2D eigenvalue weighted by molar-refractivity contribution is -0.121. The van der Waals surface area contributed by atoms with Crippen LogP contribution in [-0.4, -0.2) is 22.0 Å². The number of amides is 2. The van der Waals surface area contributed by atoms with Gasteiger partial charge < -0.3 is 4.74 Å². The monoisotopic (exact) mass is 441 g/mol. The summed E-state index contributed by atoms with van der Waals surface area (Å²) in [6.45, 7) is 0. The van der Waals surface area contributed by atoms with E-state index in [-0.39, 0.29) is 18.2 Å². The lowest BCUT2D eigenvalue weighted by Crippen LogP contribution is -2.31. The first-order valence-corrected chi connectivity index (χ1v) is 11.3. The van der Waals surface area contributed by atoms with Crippen LogP contribution in [0, 0.1) is 11.3 Å². The number of hydrogen-bond donors (Lipinski definition) is 0. The van der Waals surface area contributed by atoms with E-state index in [1.54, 1.807) is 30.3 Å². The number of aromatic nitrogens is 1. The minimum Gasteiger partial charge on any atom is -0.457 e. The number of benzene rings is 2. The van der Waals surface area contributed by atoms with Gasteiger partial charge in [0.15, 0.2) is 0 Å². The molecule has 7 heteroatoms. The number of para-hydroxylation sites is 1. The largest absolute Gasteiger partial charge is 0.457 e. The average molecular weight is 442 g/mol. The van der Waals surface area contributed by atoms with Gasteiger partial charge in [0.1, 0.15) is 22.6 Å². The Morgan fingerprint density at radius 3 is 2.38 bits per heavy atom. The zero-order valence-electron chi connectivity index (χ0n) is 17.1. The van der Waals surface area contributed by atoms with E-state index < -0.39 is 5.25 Å². The fourth-order valence-corrected chi connectivity index (χ4v) is 4.73. The fraction of sp³-hybridized carbons (Fsp3) is 0.200. The van der Waals surface area contributed by atoms with Gasteiger partial charge in [0.2, 0.25) is 11.8 Å². The Hall–Kier alpha value is -3.63. The van der Waals surface area contributed by atoms with E-state index in [0.29, 0.717) is 33.7 Å². The topological polar surface area (TPSA) is 83.3 Å². The van der Waals surface area contributed by atoms with Gasteiger partial charge in [-0.05, 0) is 61.4 Å². The van der Waals surface area contributed by atoms with Crippen molar-refractivity contribution in [2.75, 3.05) is 4.90 Å². The van der Waals surface area contributed by atoms with Crippen LogP contribution in [0.4, 0.5) is 5.69 Å². The molecule has 1 saturated carbocycles. The summed E-state index contributed by atoms with van der Waals surface area (Å²) in [5, 5.41) is 9.36. The Bertz CT molecular complexity index is 1220. The smallest absolute Gasteiger partial charge is 0.247 e. The maximum Gasteiger partial charge on any atom is 0.247 e. The van der Waals surface area contributed by atoms with Crippen molar-refractivity contribution >= 4 is 29.3 Å². The zero-order chi connectivity index (χ0) is 22.1. The van der Waals surface area contributed by atoms with E-state index in [0.717, 1.165) is 18.5 Å². The van der Waals surface area contributed by atoms with Gasteiger partial charge in [-0.15, -0.1) is 0 Å². The number of nitriles is 1. The molecule has 2 aliphatic rings. The van der Waals surface area contributed by atoms with Crippen LogP contribution in [0.25, 0.3) is 0 Å². The summed E-state index contributed by atoms with van der Waals surface area (Å²) in [7, 11) is 0. The average Bonchev–Trinajstić information content (AvgIpc) is 3.62. The van der Waals surface area contributed by atoms with Crippen LogP contribution in [0.3, 0.4) is 0 Å². The SMILES string of the molecule is N#Cc1ccc(C2CC2)nc1SC1CC(=O)N(c2ccc(Oc3ccccc3)cc2)C1=O. The van der Waals surface area contributed by atoms with Crippen molar-refractivity contribution in [1.82, 2.24) is 4.98 Å². The zero-order valence-corrected chi connectivity index (χ0v) is 17.9. The van der Waals surface area contributed by atoms with Gasteiger partial charge in [-0.25, -0.2) is 9.88 Å². The van der Waals surface area contributed by atoms with E-state index in [1.807, 2.05) is 36.4 Å². The number of rotatable bonds is 6. The van der Waals surface area contributed by atoms with Gasteiger partial charge in [-0.3, -0.25) is 9.59 Å². The van der Waals surface area contributed by atoms with Crippen LogP contribution in [0.1, 0.15) is 36.4 Å². The van der Waals surface area contributed by atoms with E-state index in [1.165, 1.54) is 16.7 Å². The molecule has 1 unspecified atom stereocenters. The number of nitrogens with zero attached hydrogens (tertiary/aromatic N) is 3. The highest BCUT2D eigenvalue weighted by Gasteiger charge is 2.41. The highest BCUT2D eigenvalue weighted by molar-refractivity contribution is 8.00. The normalized spacial score (nSPS) is 18.0. The Labute approximate surface area is 189 Å². The number of hydrogen-bond acceptors (Lipinski definition) is 6. The predicted molar refractivity (Wildman–Crippen MR) is 121 cm³/mol. The third kappa shape index (κ3) is 4.10. The van der Waals surface area contributed by atoms with E-state index >= 15 is 0 Å². The molecular weight excluding hydrogens is 422 g/mol. The second kappa shape index (κ2) is 8.48. The minimum atomic E-state index is -0.600. The first kappa shape index (κ1) is 20.3. The van der Waals surface area contributed by atoms with Crippen LogP contribution in [0.15, 0.2) is 71.8 Å². The molecule has 1 aromatic heterocycles. The van der Waals surface area contributed by atoms with Gasteiger partial charge in [0.25, 0.3) is 0 Å². The van der Waals surface area contributed by atoms with Crippen molar-refractivity contribution in [1.29, 1.82) is 5.26 Å². The minimum absolute atomic E-state index is 0.0754. The molecular formula is C25H19N3O3S. The molecule has 0 spiro atoms. The predicted octanol–water partition coefficient (Wildman–Crippen LogP) is 5.05. The maximum absolute atomic E-state index is 13.1. The molecule has 5 rings (SSSR count). The summed E-state index contributed by atoms with van der Waals surface area (Å²) in [5.41, 5.74) is 1.89. The Balaban J connectivity index is 1.32. The third-order valence-corrected chi connectivity index (χ3v) is 6.62. The molecule has 158 valence electrons. The van der Waals surface area contributed by atoms with Crippen LogP contribution in [0.2, 0.25) is 0 Å². The van der Waals surface area contributed by atoms with Gasteiger partial charge in [-0.2, -0.15) is 5.26 Å². The summed E-state index contributed by atoms with van der Waals surface area (Å²) in [6, 6.07) is 22.0. The van der Waals surface area contributed by atoms with Crippen molar-refractivity contribution in [3.8, 4) is 17.6 Å². The molecule has 0 N–H and O–H groups in total. The molecule has 0 bridgehead atoms. The van der Waals surface area contributed by atoms with E-state index in [2.05, 4.69) is 11.1 Å². The molecule has 1 atom stereocenters. The Morgan fingerprint density at radius 2 is 1.69 bits per heavy atom. The van der Waals surface area contributed by atoms with Crippen molar-refractivity contribution < 1.29 is 14.3 Å². The molecule has 32 heavy (non-hydrogen) atoms. The first-order chi connectivity index (χ1) is 15.6. The van der Waals surface area contributed by atoms with Gasteiger partial charge in [-0.1, -0.05) is 30.0 Å². The summed E-state index contributed by atoms with van der Waals surface area (Å²) >= 11 is 1.21. The Kier molecular flexibility index (Phi) is 5.38. The molecule has 2 amide bonds. The number of carbonyl (C=O) groups excluding carboxylic acids is 2. The summed E-state index contributed by atoms with van der Waals surface area (Å²) in [6.07, 6.45) is 2.27. The molecule has 3 aromatic rings. The standard InChI is InChI=1S/C25H19N3O3S/c26-15-17-8-13-21(16-6-7-16)27-24(17)32-22-14-23(29)28(25(22)30)18-9-11-20(12-10-18)31-19-4-2-1-3-5-19/h1-5,8-13,16,22H,6-7,14H2. The molecule has 2 aromatic carbocycles. The Morgan fingerprint density at radius 1 is 0.969 bits per heavy atom.